The molecular weight excluding hydrogens is 362 g/mol. The highest BCUT2D eigenvalue weighted by Crippen LogP contribution is 2.32. The van der Waals surface area contributed by atoms with E-state index in [-0.39, 0.29) is 0 Å². The summed E-state index contributed by atoms with van der Waals surface area (Å²) in [7, 11) is 0. The molecule has 0 bridgehead atoms. The van der Waals surface area contributed by atoms with Gasteiger partial charge in [-0.05, 0) is 48.8 Å². The molecular formula is C21H30BrNO. The molecule has 3 rings (SSSR count). The third kappa shape index (κ3) is 4.41. The lowest BCUT2D eigenvalue weighted by Gasteiger charge is -2.23. The van der Waals surface area contributed by atoms with Gasteiger partial charge in [-0.1, -0.05) is 67.1 Å². The number of nitrogens with zero attached hydrogens (tertiary/aromatic N) is 1. The molecule has 1 saturated carbocycles. The molecule has 1 fully saturated rings. The van der Waals surface area contributed by atoms with E-state index in [1.54, 1.807) is 0 Å². The molecule has 0 aromatic heterocycles. The topological polar surface area (TPSA) is 20.3 Å². The zero-order valence-corrected chi connectivity index (χ0v) is 16.5. The number of carbonyl (C=O) groups excluding carboxylic acids is 1. The minimum atomic E-state index is 0.332. The molecule has 0 spiro atoms. The molecule has 132 valence electrons. The number of benzene rings is 1. The van der Waals surface area contributed by atoms with Gasteiger partial charge in [0, 0.05) is 23.5 Å². The van der Waals surface area contributed by atoms with Crippen molar-refractivity contribution in [3.63, 3.8) is 0 Å². The number of carbonyl (C=O) groups is 1. The van der Waals surface area contributed by atoms with E-state index in [2.05, 4.69) is 41.1 Å². The highest BCUT2D eigenvalue weighted by Gasteiger charge is 2.25. The molecule has 0 saturated heterocycles. The summed E-state index contributed by atoms with van der Waals surface area (Å²) < 4.78 is 0. The van der Waals surface area contributed by atoms with E-state index in [1.807, 2.05) is 4.90 Å². The van der Waals surface area contributed by atoms with Gasteiger partial charge < -0.3 is 4.90 Å². The fourth-order valence-corrected chi connectivity index (χ4v) is 4.55. The van der Waals surface area contributed by atoms with Gasteiger partial charge in [0.25, 0.3) is 0 Å². The van der Waals surface area contributed by atoms with E-state index in [0.717, 1.165) is 50.3 Å². The lowest BCUT2D eigenvalue weighted by Crippen LogP contribution is -2.29. The molecule has 1 aromatic rings. The van der Waals surface area contributed by atoms with Crippen molar-refractivity contribution < 1.29 is 4.79 Å². The number of hydrogen-bond donors (Lipinski definition) is 0. The molecule has 0 radical (unpaired) electrons. The van der Waals surface area contributed by atoms with Crippen LogP contribution in [0.1, 0.15) is 69.4 Å². The van der Waals surface area contributed by atoms with Gasteiger partial charge in [-0.25, -0.2) is 0 Å². The Labute approximate surface area is 155 Å². The second-order valence-electron chi connectivity index (χ2n) is 7.51. The van der Waals surface area contributed by atoms with Crippen LogP contribution in [0.2, 0.25) is 0 Å². The van der Waals surface area contributed by atoms with Crippen LogP contribution in [-0.4, -0.2) is 17.3 Å². The van der Waals surface area contributed by atoms with E-state index in [4.69, 9.17) is 0 Å². The molecule has 1 heterocycles. The van der Waals surface area contributed by atoms with Crippen molar-refractivity contribution in [3.8, 4) is 0 Å². The molecule has 3 heteroatoms. The minimum absolute atomic E-state index is 0.332. The number of hydrogen-bond acceptors (Lipinski definition) is 1. The second-order valence-corrected chi connectivity index (χ2v) is 8.81. The smallest absolute Gasteiger partial charge is 0.227 e. The van der Waals surface area contributed by atoms with E-state index in [0.29, 0.717) is 10.7 Å². The van der Waals surface area contributed by atoms with Crippen molar-refractivity contribution >= 4 is 27.5 Å². The average molecular weight is 392 g/mol. The van der Waals surface area contributed by atoms with Gasteiger partial charge in [0.2, 0.25) is 5.91 Å². The Kier molecular flexibility index (Phi) is 6.37. The lowest BCUT2D eigenvalue weighted by atomic mass is 9.86. The van der Waals surface area contributed by atoms with E-state index in [1.165, 1.54) is 43.2 Å². The van der Waals surface area contributed by atoms with Crippen LogP contribution >= 0.6 is 15.9 Å². The van der Waals surface area contributed by atoms with Crippen molar-refractivity contribution in [2.24, 2.45) is 5.92 Å². The summed E-state index contributed by atoms with van der Waals surface area (Å²) in [6.07, 6.45) is 11.8. The first-order valence-corrected chi connectivity index (χ1v) is 10.6. The summed E-state index contributed by atoms with van der Waals surface area (Å²) in [6, 6.07) is 6.69. The molecule has 1 aliphatic carbocycles. The first-order chi connectivity index (χ1) is 11.7. The predicted molar refractivity (Wildman–Crippen MR) is 105 cm³/mol. The van der Waals surface area contributed by atoms with E-state index < -0.39 is 0 Å². The highest BCUT2D eigenvalue weighted by molar-refractivity contribution is 9.09. The molecule has 1 atom stereocenters. The van der Waals surface area contributed by atoms with E-state index in [9.17, 15) is 4.79 Å². The van der Waals surface area contributed by atoms with Crippen LogP contribution in [0.25, 0.3) is 0 Å². The quantitative estimate of drug-likeness (QED) is 0.573. The minimum Gasteiger partial charge on any atom is -0.312 e. The maximum atomic E-state index is 12.7. The molecule has 1 unspecified atom stereocenters. The Bertz CT molecular complexity index is 565. The van der Waals surface area contributed by atoms with Crippen molar-refractivity contribution in [2.75, 3.05) is 11.4 Å². The Morgan fingerprint density at radius 1 is 1.29 bits per heavy atom. The SMILES string of the molecule is CCC(Br)Cc1ccc2c(c1)CCN2C(=O)CCC1CCCCC1. The number of halogens is 1. The van der Waals surface area contributed by atoms with Gasteiger partial charge in [-0.3, -0.25) is 4.79 Å². The van der Waals surface area contributed by atoms with E-state index >= 15 is 0 Å². The summed E-state index contributed by atoms with van der Waals surface area (Å²) >= 11 is 3.72. The van der Waals surface area contributed by atoms with Crippen LogP contribution in [0, 0.1) is 5.92 Å². The molecule has 1 aliphatic heterocycles. The zero-order chi connectivity index (χ0) is 16.9. The van der Waals surface area contributed by atoms with Gasteiger partial charge in [-0.2, -0.15) is 0 Å². The van der Waals surface area contributed by atoms with Gasteiger partial charge >= 0.3 is 0 Å². The summed E-state index contributed by atoms with van der Waals surface area (Å²) in [4.78, 5) is 15.3. The second kappa shape index (κ2) is 8.51. The van der Waals surface area contributed by atoms with Gasteiger partial charge in [0.1, 0.15) is 0 Å². The first kappa shape index (κ1) is 18.0. The van der Waals surface area contributed by atoms with Crippen LogP contribution in [0.4, 0.5) is 5.69 Å². The zero-order valence-electron chi connectivity index (χ0n) is 14.9. The standard InChI is InChI=1S/C21H30BrNO/c1-2-19(22)15-17-8-10-20-18(14-17)12-13-23(20)21(24)11-9-16-6-4-3-5-7-16/h8,10,14,16,19H,2-7,9,11-13,15H2,1H3. The molecule has 2 aliphatic rings. The number of fused-ring (bicyclic) bond motifs is 1. The average Bonchev–Trinajstić information content (AvgIpc) is 3.03. The fraction of sp³-hybridized carbons (Fsp3) is 0.667. The molecule has 2 nitrogen and oxygen atoms in total. The normalized spacial score (nSPS) is 19.3. The summed E-state index contributed by atoms with van der Waals surface area (Å²) in [5, 5.41) is 0. The Morgan fingerprint density at radius 3 is 2.83 bits per heavy atom. The fourth-order valence-electron chi connectivity index (χ4n) is 4.18. The van der Waals surface area contributed by atoms with Crippen molar-refractivity contribution in [3.05, 3.63) is 29.3 Å². The van der Waals surface area contributed by atoms with Gasteiger partial charge in [0.15, 0.2) is 0 Å². The largest absolute Gasteiger partial charge is 0.312 e. The summed E-state index contributed by atoms with van der Waals surface area (Å²) in [5.41, 5.74) is 3.90. The maximum absolute atomic E-state index is 12.7. The lowest BCUT2D eigenvalue weighted by molar-refractivity contribution is -0.118. The third-order valence-electron chi connectivity index (χ3n) is 5.73. The highest BCUT2D eigenvalue weighted by atomic mass is 79.9. The van der Waals surface area contributed by atoms with Crippen LogP contribution in [0.15, 0.2) is 18.2 Å². The Hall–Kier alpha value is -0.830. The third-order valence-corrected chi connectivity index (χ3v) is 6.70. The molecule has 1 amide bonds. The predicted octanol–water partition coefficient (Wildman–Crippen LogP) is 5.65. The van der Waals surface area contributed by atoms with Crippen molar-refractivity contribution in [1.82, 2.24) is 0 Å². The first-order valence-electron chi connectivity index (χ1n) is 9.73. The van der Waals surface area contributed by atoms with Crippen LogP contribution in [-0.2, 0) is 17.6 Å². The van der Waals surface area contributed by atoms with Crippen LogP contribution < -0.4 is 4.90 Å². The summed E-state index contributed by atoms with van der Waals surface area (Å²) in [5.74, 6) is 1.12. The van der Waals surface area contributed by atoms with Crippen molar-refractivity contribution in [2.45, 2.75) is 76.0 Å². The molecule has 24 heavy (non-hydrogen) atoms. The number of anilines is 1. The maximum Gasteiger partial charge on any atom is 0.227 e. The van der Waals surface area contributed by atoms with Crippen molar-refractivity contribution in [1.29, 1.82) is 0 Å². The molecule has 0 N–H and O–H groups in total. The van der Waals surface area contributed by atoms with Gasteiger partial charge in [-0.15, -0.1) is 0 Å². The van der Waals surface area contributed by atoms with Gasteiger partial charge in [0.05, 0.1) is 0 Å². The number of amides is 1. The van der Waals surface area contributed by atoms with Crippen LogP contribution in [0.3, 0.4) is 0 Å². The molecule has 1 aromatic carbocycles. The monoisotopic (exact) mass is 391 g/mol. The number of alkyl halides is 1. The summed E-state index contributed by atoms with van der Waals surface area (Å²) in [6.45, 7) is 3.08. The Balaban J connectivity index is 1.58. The Morgan fingerprint density at radius 2 is 2.08 bits per heavy atom. The van der Waals surface area contributed by atoms with Crippen LogP contribution in [0.5, 0.6) is 0 Å². The number of rotatable bonds is 6.